The van der Waals surface area contributed by atoms with E-state index in [0.717, 1.165) is 25.8 Å². The summed E-state index contributed by atoms with van der Waals surface area (Å²) < 4.78 is 5.90. The number of aliphatic hydroxyl groups is 1. The molecule has 1 saturated heterocycles. The summed E-state index contributed by atoms with van der Waals surface area (Å²) in [6.45, 7) is 8.82. The van der Waals surface area contributed by atoms with Crippen LogP contribution in [-0.2, 0) is 16.1 Å². The molecule has 4 rings (SSSR count). The fraction of sp³-hybridized carbons (Fsp3) is 0.625. The zero-order chi connectivity index (χ0) is 19.7. The van der Waals surface area contributed by atoms with E-state index in [1.54, 1.807) is 0 Å². The molecule has 28 heavy (non-hydrogen) atoms. The molecule has 1 aromatic carbocycles. The summed E-state index contributed by atoms with van der Waals surface area (Å²) in [5.41, 5.74) is 2.82. The summed E-state index contributed by atoms with van der Waals surface area (Å²) in [5.74, 6) is 0.649. The van der Waals surface area contributed by atoms with E-state index in [2.05, 4.69) is 30.5 Å². The lowest BCUT2D eigenvalue weighted by Crippen LogP contribution is -2.45. The predicted molar refractivity (Wildman–Crippen MR) is 109 cm³/mol. The number of rotatable bonds is 6. The van der Waals surface area contributed by atoms with Crippen molar-refractivity contribution >= 4 is 5.97 Å². The number of carbonyl (C=O) groups excluding carboxylic acids is 1. The molecule has 0 spiro atoms. The number of benzene rings is 1. The van der Waals surface area contributed by atoms with Gasteiger partial charge in [0.2, 0.25) is 0 Å². The number of aliphatic hydroxyl groups excluding tert-OH is 1. The van der Waals surface area contributed by atoms with Gasteiger partial charge in [0.05, 0.1) is 12.5 Å². The van der Waals surface area contributed by atoms with Crippen LogP contribution in [0.15, 0.2) is 42.5 Å². The van der Waals surface area contributed by atoms with Crippen LogP contribution in [0.1, 0.15) is 44.6 Å². The van der Waals surface area contributed by atoms with Crippen molar-refractivity contribution < 1.29 is 14.6 Å². The molecule has 1 N–H and O–H groups in total. The Kier molecular flexibility index (Phi) is 5.62. The molecule has 1 heterocycles. The van der Waals surface area contributed by atoms with Crippen molar-refractivity contribution in [3.05, 3.63) is 48.0 Å². The number of carbonyl (C=O) groups is 1. The number of nitrogens with zero attached hydrogens (tertiary/aromatic N) is 1. The highest BCUT2D eigenvalue weighted by Crippen LogP contribution is 2.56. The molecule has 0 unspecified atom stereocenters. The molecule has 0 radical (unpaired) electrons. The molecule has 0 bridgehead atoms. The molecular formula is C24H33NO3. The van der Waals surface area contributed by atoms with Gasteiger partial charge < -0.3 is 9.84 Å². The van der Waals surface area contributed by atoms with Crippen molar-refractivity contribution in [1.82, 2.24) is 4.90 Å². The third-order valence-corrected chi connectivity index (χ3v) is 7.44. The lowest BCUT2D eigenvalue weighted by Gasteiger charge is -2.50. The average molecular weight is 384 g/mol. The monoisotopic (exact) mass is 383 g/mol. The first-order chi connectivity index (χ1) is 13.5. The summed E-state index contributed by atoms with van der Waals surface area (Å²) >= 11 is 0. The van der Waals surface area contributed by atoms with E-state index in [-0.39, 0.29) is 35.9 Å². The van der Waals surface area contributed by atoms with Gasteiger partial charge in [-0.25, -0.2) is 0 Å². The minimum Gasteiger partial charge on any atom is -0.462 e. The van der Waals surface area contributed by atoms with Gasteiger partial charge >= 0.3 is 5.97 Å². The van der Waals surface area contributed by atoms with Gasteiger partial charge in [-0.05, 0) is 49.0 Å². The SMILES string of the molecule is C=C1CCC[C@@]2(C)C[C@H]3OC(=O)[C@@H](CN(CCO)Cc4ccccc4)[C@@H]3C[C@H]12. The van der Waals surface area contributed by atoms with Gasteiger partial charge in [0.25, 0.3) is 0 Å². The Morgan fingerprint density at radius 2 is 2.11 bits per heavy atom. The number of fused-ring (bicyclic) bond motifs is 2. The third kappa shape index (κ3) is 3.77. The van der Waals surface area contributed by atoms with Gasteiger partial charge in [0.15, 0.2) is 0 Å². The van der Waals surface area contributed by atoms with Crippen LogP contribution in [0, 0.1) is 23.2 Å². The summed E-state index contributed by atoms with van der Waals surface area (Å²) in [7, 11) is 0. The smallest absolute Gasteiger partial charge is 0.310 e. The van der Waals surface area contributed by atoms with Crippen LogP contribution in [-0.4, -0.2) is 41.8 Å². The first-order valence-corrected chi connectivity index (χ1v) is 10.8. The quantitative estimate of drug-likeness (QED) is 0.600. The second-order valence-corrected chi connectivity index (χ2v) is 9.35. The zero-order valence-corrected chi connectivity index (χ0v) is 17.0. The van der Waals surface area contributed by atoms with Crippen molar-refractivity contribution in [3.63, 3.8) is 0 Å². The Bertz CT molecular complexity index is 718. The highest BCUT2D eigenvalue weighted by Gasteiger charge is 2.55. The van der Waals surface area contributed by atoms with Crippen molar-refractivity contribution in [2.75, 3.05) is 19.7 Å². The summed E-state index contributed by atoms with van der Waals surface area (Å²) in [4.78, 5) is 15.0. The van der Waals surface area contributed by atoms with Gasteiger partial charge in [0, 0.05) is 25.6 Å². The number of hydrogen-bond donors (Lipinski definition) is 1. The molecule has 3 aliphatic rings. The molecule has 4 heteroatoms. The molecular weight excluding hydrogens is 350 g/mol. The van der Waals surface area contributed by atoms with E-state index in [9.17, 15) is 9.90 Å². The van der Waals surface area contributed by atoms with E-state index in [0.29, 0.717) is 19.0 Å². The molecule has 1 aliphatic heterocycles. The largest absolute Gasteiger partial charge is 0.462 e. The highest BCUT2D eigenvalue weighted by molar-refractivity contribution is 5.75. The van der Waals surface area contributed by atoms with Crippen LogP contribution in [0.5, 0.6) is 0 Å². The molecule has 4 nitrogen and oxygen atoms in total. The van der Waals surface area contributed by atoms with Crippen molar-refractivity contribution in [1.29, 1.82) is 0 Å². The fourth-order valence-corrected chi connectivity index (χ4v) is 5.96. The lowest BCUT2D eigenvalue weighted by molar-refractivity contribution is -0.146. The second-order valence-electron chi connectivity index (χ2n) is 9.35. The van der Waals surface area contributed by atoms with Gasteiger partial charge in [-0.1, -0.05) is 49.4 Å². The predicted octanol–water partition coefficient (Wildman–Crippen LogP) is 3.80. The van der Waals surface area contributed by atoms with Crippen LogP contribution in [0.3, 0.4) is 0 Å². The lowest BCUT2D eigenvalue weighted by atomic mass is 9.55. The van der Waals surface area contributed by atoms with Crippen molar-refractivity contribution in [3.8, 4) is 0 Å². The van der Waals surface area contributed by atoms with Gasteiger partial charge in [-0.3, -0.25) is 9.69 Å². The van der Waals surface area contributed by atoms with Gasteiger partial charge in [-0.15, -0.1) is 0 Å². The average Bonchev–Trinajstić information content (AvgIpc) is 2.95. The van der Waals surface area contributed by atoms with E-state index in [1.165, 1.54) is 24.0 Å². The fourth-order valence-electron chi connectivity index (χ4n) is 5.96. The van der Waals surface area contributed by atoms with E-state index in [1.807, 2.05) is 18.2 Å². The second kappa shape index (κ2) is 8.00. The molecule has 5 atom stereocenters. The summed E-state index contributed by atoms with van der Waals surface area (Å²) in [6.07, 6.45) is 5.60. The molecule has 0 aromatic heterocycles. The van der Waals surface area contributed by atoms with Gasteiger partial charge in [0.1, 0.15) is 6.10 Å². The first kappa shape index (κ1) is 19.7. The van der Waals surface area contributed by atoms with Crippen LogP contribution >= 0.6 is 0 Å². The maximum absolute atomic E-state index is 12.8. The topological polar surface area (TPSA) is 49.8 Å². The van der Waals surface area contributed by atoms with E-state index in [4.69, 9.17) is 4.74 Å². The van der Waals surface area contributed by atoms with E-state index >= 15 is 0 Å². The number of ether oxygens (including phenoxy) is 1. The number of esters is 1. The normalized spacial score (nSPS) is 34.8. The molecule has 0 amide bonds. The van der Waals surface area contributed by atoms with E-state index < -0.39 is 0 Å². The Hall–Kier alpha value is -1.65. The van der Waals surface area contributed by atoms with Crippen molar-refractivity contribution in [2.24, 2.45) is 23.2 Å². The van der Waals surface area contributed by atoms with Crippen molar-refractivity contribution in [2.45, 2.75) is 51.7 Å². The first-order valence-electron chi connectivity index (χ1n) is 10.8. The number of hydrogen-bond acceptors (Lipinski definition) is 4. The molecule has 3 fully saturated rings. The molecule has 152 valence electrons. The van der Waals surface area contributed by atoms with Crippen LogP contribution < -0.4 is 0 Å². The summed E-state index contributed by atoms with van der Waals surface area (Å²) in [6, 6.07) is 10.3. The van der Waals surface area contributed by atoms with Crippen LogP contribution in [0.2, 0.25) is 0 Å². The molecule has 1 aromatic rings. The third-order valence-electron chi connectivity index (χ3n) is 7.44. The Morgan fingerprint density at radius 3 is 2.86 bits per heavy atom. The Balaban J connectivity index is 1.49. The standard InChI is InChI=1S/C24H33NO3/c1-17-7-6-10-24(2)14-22-19(13-21(17)24)20(23(27)28-22)16-25(11-12-26)15-18-8-4-3-5-9-18/h3-5,8-9,19-22,26H,1,6-7,10-16H2,2H3/t19-,20-,21+,22+,24-/m0/s1. The highest BCUT2D eigenvalue weighted by atomic mass is 16.6. The summed E-state index contributed by atoms with van der Waals surface area (Å²) in [5, 5.41) is 9.54. The minimum absolute atomic E-state index is 0.0427. The zero-order valence-electron chi connectivity index (χ0n) is 17.0. The maximum Gasteiger partial charge on any atom is 0.310 e. The van der Waals surface area contributed by atoms with Crippen LogP contribution in [0.25, 0.3) is 0 Å². The Morgan fingerprint density at radius 1 is 1.32 bits per heavy atom. The maximum atomic E-state index is 12.8. The molecule has 2 aliphatic carbocycles. The Labute approximate surface area is 168 Å². The number of allylic oxidation sites excluding steroid dienone is 1. The molecule has 2 saturated carbocycles. The van der Waals surface area contributed by atoms with Crippen LogP contribution in [0.4, 0.5) is 0 Å². The van der Waals surface area contributed by atoms with Gasteiger partial charge in [-0.2, -0.15) is 0 Å². The minimum atomic E-state index is -0.0976.